The topological polar surface area (TPSA) is 32.3 Å². The molecule has 2 N–H and O–H groups in total. The van der Waals surface area contributed by atoms with E-state index in [-0.39, 0.29) is 0 Å². The number of likely N-dealkylation sites (N-methyl/N-ethyl adjacent to an activating group) is 1. The Morgan fingerprint density at radius 1 is 1.14 bits per heavy atom. The summed E-state index contributed by atoms with van der Waals surface area (Å²) in [6.07, 6.45) is 0.979. The Morgan fingerprint density at radius 3 is 2.57 bits per heavy atom. The largest absolute Gasteiger partial charge is 0.508 e. The summed E-state index contributed by atoms with van der Waals surface area (Å²) < 4.78 is 0. The van der Waals surface area contributed by atoms with Crippen molar-refractivity contribution >= 4 is 11.8 Å². The molecule has 1 atom stereocenters. The Bertz CT molecular complexity index is 553. The SMILES string of the molecule is CCNC(CSc1cccc(C)c1)Cc1ccc(O)cc1. The van der Waals surface area contributed by atoms with Gasteiger partial charge < -0.3 is 10.4 Å². The van der Waals surface area contributed by atoms with Crippen LogP contribution >= 0.6 is 11.8 Å². The fourth-order valence-electron chi connectivity index (χ4n) is 2.30. The molecule has 2 aromatic carbocycles. The molecule has 0 heterocycles. The zero-order chi connectivity index (χ0) is 15.1. The first-order valence-electron chi connectivity index (χ1n) is 7.38. The van der Waals surface area contributed by atoms with E-state index in [9.17, 15) is 5.11 Å². The van der Waals surface area contributed by atoms with E-state index < -0.39 is 0 Å². The van der Waals surface area contributed by atoms with Crippen molar-refractivity contribution < 1.29 is 5.11 Å². The molecule has 0 aliphatic carbocycles. The van der Waals surface area contributed by atoms with Gasteiger partial charge in [-0.2, -0.15) is 0 Å². The molecule has 0 bridgehead atoms. The number of phenols is 1. The van der Waals surface area contributed by atoms with Gasteiger partial charge in [-0.05, 0) is 49.7 Å². The lowest BCUT2D eigenvalue weighted by atomic mass is 10.1. The van der Waals surface area contributed by atoms with Gasteiger partial charge in [0.2, 0.25) is 0 Å². The lowest BCUT2D eigenvalue weighted by Crippen LogP contribution is -2.33. The minimum absolute atomic E-state index is 0.327. The van der Waals surface area contributed by atoms with E-state index in [1.165, 1.54) is 16.0 Å². The minimum Gasteiger partial charge on any atom is -0.508 e. The highest BCUT2D eigenvalue weighted by molar-refractivity contribution is 7.99. The third kappa shape index (κ3) is 5.44. The first kappa shape index (κ1) is 15.9. The zero-order valence-corrected chi connectivity index (χ0v) is 13.5. The molecule has 0 saturated heterocycles. The molecule has 1 unspecified atom stereocenters. The monoisotopic (exact) mass is 301 g/mol. The minimum atomic E-state index is 0.327. The summed E-state index contributed by atoms with van der Waals surface area (Å²) in [5.74, 6) is 1.37. The summed E-state index contributed by atoms with van der Waals surface area (Å²) >= 11 is 1.89. The second kappa shape index (κ2) is 8.11. The lowest BCUT2D eigenvalue weighted by molar-refractivity contribution is 0.474. The standard InChI is InChI=1S/C18H23NOS/c1-3-19-16(12-15-7-9-17(20)10-8-15)13-21-18-6-4-5-14(2)11-18/h4-11,16,19-20H,3,12-13H2,1-2H3. The van der Waals surface area contributed by atoms with Crippen molar-refractivity contribution in [2.24, 2.45) is 0 Å². The number of aryl methyl sites for hydroxylation is 1. The average Bonchev–Trinajstić information content (AvgIpc) is 2.47. The van der Waals surface area contributed by atoms with Crippen LogP contribution in [0.1, 0.15) is 18.1 Å². The maximum atomic E-state index is 9.35. The van der Waals surface area contributed by atoms with Crippen molar-refractivity contribution in [1.82, 2.24) is 5.32 Å². The molecule has 2 rings (SSSR count). The van der Waals surface area contributed by atoms with Crippen LogP contribution in [0.2, 0.25) is 0 Å². The average molecular weight is 301 g/mol. The van der Waals surface area contributed by atoms with Crippen LogP contribution in [0.25, 0.3) is 0 Å². The molecule has 3 heteroatoms. The predicted molar refractivity (Wildman–Crippen MR) is 91.2 cm³/mol. The molecule has 21 heavy (non-hydrogen) atoms. The first-order chi connectivity index (χ1) is 10.2. The Morgan fingerprint density at radius 2 is 1.90 bits per heavy atom. The highest BCUT2D eigenvalue weighted by atomic mass is 32.2. The zero-order valence-electron chi connectivity index (χ0n) is 12.7. The Kier molecular flexibility index (Phi) is 6.15. The predicted octanol–water partition coefficient (Wildman–Crippen LogP) is 4.01. The van der Waals surface area contributed by atoms with Crippen LogP contribution in [-0.4, -0.2) is 23.4 Å². The van der Waals surface area contributed by atoms with Gasteiger partial charge in [0.1, 0.15) is 5.75 Å². The molecular weight excluding hydrogens is 278 g/mol. The number of nitrogens with one attached hydrogen (secondary N) is 1. The number of benzene rings is 2. The summed E-state index contributed by atoms with van der Waals surface area (Å²) in [4.78, 5) is 1.32. The summed E-state index contributed by atoms with van der Waals surface area (Å²) in [7, 11) is 0. The van der Waals surface area contributed by atoms with Crippen LogP contribution in [0.15, 0.2) is 53.4 Å². The van der Waals surface area contributed by atoms with Crippen molar-refractivity contribution in [3.8, 4) is 5.75 Å². The van der Waals surface area contributed by atoms with Crippen LogP contribution in [0.4, 0.5) is 0 Å². The van der Waals surface area contributed by atoms with E-state index in [0.717, 1.165) is 18.7 Å². The van der Waals surface area contributed by atoms with Crippen LogP contribution < -0.4 is 5.32 Å². The molecule has 0 fully saturated rings. The second-order valence-electron chi connectivity index (χ2n) is 5.25. The van der Waals surface area contributed by atoms with Crippen LogP contribution in [0.5, 0.6) is 5.75 Å². The van der Waals surface area contributed by atoms with Gasteiger partial charge in [-0.1, -0.05) is 36.8 Å². The van der Waals surface area contributed by atoms with Crippen molar-refractivity contribution in [1.29, 1.82) is 0 Å². The molecule has 2 aromatic rings. The van der Waals surface area contributed by atoms with Gasteiger partial charge >= 0.3 is 0 Å². The van der Waals surface area contributed by atoms with E-state index in [1.807, 2.05) is 23.9 Å². The van der Waals surface area contributed by atoms with E-state index in [4.69, 9.17) is 0 Å². The quantitative estimate of drug-likeness (QED) is 0.758. The van der Waals surface area contributed by atoms with Crippen molar-refractivity contribution in [2.45, 2.75) is 31.2 Å². The van der Waals surface area contributed by atoms with Crippen LogP contribution in [-0.2, 0) is 6.42 Å². The maximum absolute atomic E-state index is 9.35. The number of thioether (sulfide) groups is 1. The Labute approximate surface area is 131 Å². The van der Waals surface area contributed by atoms with Crippen LogP contribution in [0, 0.1) is 6.92 Å². The molecule has 0 amide bonds. The van der Waals surface area contributed by atoms with Crippen molar-refractivity contribution in [3.05, 3.63) is 59.7 Å². The number of hydrogen-bond acceptors (Lipinski definition) is 3. The highest BCUT2D eigenvalue weighted by Gasteiger charge is 2.09. The normalized spacial score (nSPS) is 12.3. The summed E-state index contributed by atoms with van der Waals surface area (Å²) in [5.41, 5.74) is 2.56. The Balaban J connectivity index is 1.93. The summed E-state index contributed by atoms with van der Waals surface area (Å²) in [6.45, 7) is 5.24. The van der Waals surface area contributed by atoms with Gasteiger partial charge in [0.25, 0.3) is 0 Å². The maximum Gasteiger partial charge on any atom is 0.115 e. The molecule has 0 spiro atoms. The van der Waals surface area contributed by atoms with E-state index in [0.29, 0.717) is 11.8 Å². The van der Waals surface area contributed by atoms with Gasteiger partial charge in [-0.3, -0.25) is 0 Å². The lowest BCUT2D eigenvalue weighted by Gasteiger charge is -2.18. The molecule has 112 valence electrons. The molecular formula is C18H23NOS. The van der Waals surface area contributed by atoms with Crippen molar-refractivity contribution in [3.63, 3.8) is 0 Å². The second-order valence-corrected chi connectivity index (χ2v) is 6.35. The van der Waals surface area contributed by atoms with Crippen molar-refractivity contribution in [2.75, 3.05) is 12.3 Å². The fourth-order valence-corrected chi connectivity index (χ4v) is 3.37. The van der Waals surface area contributed by atoms with E-state index in [2.05, 4.69) is 43.4 Å². The van der Waals surface area contributed by atoms with Gasteiger partial charge in [0.15, 0.2) is 0 Å². The summed E-state index contributed by atoms with van der Waals surface area (Å²) in [5, 5.41) is 12.9. The number of rotatable bonds is 7. The number of hydrogen-bond donors (Lipinski definition) is 2. The molecule has 0 aromatic heterocycles. The van der Waals surface area contributed by atoms with Gasteiger partial charge in [-0.25, -0.2) is 0 Å². The van der Waals surface area contributed by atoms with E-state index >= 15 is 0 Å². The van der Waals surface area contributed by atoms with Gasteiger partial charge in [-0.15, -0.1) is 11.8 Å². The smallest absolute Gasteiger partial charge is 0.115 e. The van der Waals surface area contributed by atoms with Gasteiger partial charge in [0.05, 0.1) is 0 Å². The third-order valence-electron chi connectivity index (χ3n) is 3.35. The molecule has 0 saturated carbocycles. The van der Waals surface area contributed by atoms with Crippen LogP contribution in [0.3, 0.4) is 0 Å². The summed E-state index contributed by atoms with van der Waals surface area (Å²) in [6, 6.07) is 16.6. The number of aromatic hydroxyl groups is 1. The van der Waals surface area contributed by atoms with Gasteiger partial charge in [0, 0.05) is 16.7 Å². The first-order valence-corrected chi connectivity index (χ1v) is 8.36. The molecule has 0 aliphatic heterocycles. The number of phenolic OH excluding ortho intramolecular Hbond substituents is 1. The Hall–Kier alpha value is -1.45. The fraction of sp³-hybridized carbons (Fsp3) is 0.333. The highest BCUT2D eigenvalue weighted by Crippen LogP contribution is 2.21. The molecule has 2 nitrogen and oxygen atoms in total. The van der Waals surface area contributed by atoms with E-state index in [1.54, 1.807) is 12.1 Å². The third-order valence-corrected chi connectivity index (χ3v) is 4.51. The molecule has 0 radical (unpaired) electrons. The molecule has 0 aliphatic rings.